The van der Waals surface area contributed by atoms with Crippen LogP contribution in [0.3, 0.4) is 0 Å². The molecule has 0 saturated carbocycles. The Balaban J connectivity index is 1.80. The zero-order chi connectivity index (χ0) is 19.9. The molecule has 1 atom stereocenters. The summed E-state index contributed by atoms with van der Waals surface area (Å²) < 4.78 is 0. The standard InChI is InChI=1S/C21H23N3O4/c25-18(23-28)13-5-2-8-14-24-17-12-7-6-11-16(17)20(26)22-19(21(24)27)15-9-3-1-4-10-15/h1,3-4,6-7,9-12,19,28H,2,5,8,13-14H2,(H,22,26)(H,23,25). The second-order valence-corrected chi connectivity index (χ2v) is 6.67. The molecule has 0 saturated heterocycles. The smallest absolute Gasteiger partial charge is 0.254 e. The van der Waals surface area contributed by atoms with Crippen LogP contribution in [0.25, 0.3) is 0 Å². The highest BCUT2D eigenvalue weighted by molar-refractivity contribution is 6.11. The fourth-order valence-corrected chi connectivity index (χ4v) is 3.34. The lowest BCUT2D eigenvalue weighted by Gasteiger charge is -2.25. The summed E-state index contributed by atoms with van der Waals surface area (Å²) in [6.45, 7) is 0.439. The van der Waals surface area contributed by atoms with Crippen LogP contribution in [0.4, 0.5) is 5.69 Å². The fraction of sp³-hybridized carbons (Fsp3) is 0.286. The summed E-state index contributed by atoms with van der Waals surface area (Å²) in [4.78, 5) is 38.7. The molecule has 0 fully saturated rings. The maximum absolute atomic E-state index is 13.3. The molecule has 0 radical (unpaired) electrons. The van der Waals surface area contributed by atoms with Gasteiger partial charge in [0.2, 0.25) is 5.91 Å². The number of hydroxylamine groups is 1. The monoisotopic (exact) mass is 381 g/mol. The average Bonchev–Trinajstić information content (AvgIpc) is 2.84. The number of benzene rings is 2. The first-order valence-corrected chi connectivity index (χ1v) is 9.31. The van der Waals surface area contributed by atoms with Gasteiger partial charge in [0.05, 0.1) is 11.3 Å². The lowest BCUT2D eigenvalue weighted by molar-refractivity contribution is -0.129. The average molecular weight is 381 g/mol. The first-order valence-electron chi connectivity index (χ1n) is 9.31. The van der Waals surface area contributed by atoms with E-state index in [1.807, 2.05) is 30.3 Å². The minimum absolute atomic E-state index is 0.183. The van der Waals surface area contributed by atoms with Gasteiger partial charge in [0, 0.05) is 13.0 Å². The lowest BCUT2D eigenvalue weighted by atomic mass is 10.1. The Morgan fingerprint density at radius 1 is 1.00 bits per heavy atom. The molecule has 3 amide bonds. The van der Waals surface area contributed by atoms with Gasteiger partial charge in [0.25, 0.3) is 11.8 Å². The quantitative estimate of drug-likeness (QED) is 0.390. The second kappa shape index (κ2) is 9.14. The molecule has 1 unspecified atom stereocenters. The van der Waals surface area contributed by atoms with Crippen molar-refractivity contribution in [2.24, 2.45) is 0 Å². The number of nitrogens with zero attached hydrogens (tertiary/aromatic N) is 1. The summed E-state index contributed by atoms with van der Waals surface area (Å²) in [5, 5.41) is 11.4. The summed E-state index contributed by atoms with van der Waals surface area (Å²) >= 11 is 0. The number of hydrogen-bond donors (Lipinski definition) is 3. The highest BCUT2D eigenvalue weighted by Crippen LogP contribution is 2.29. The summed E-state index contributed by atoms with van der Waals surface area (Å²) in [6, 6.07) is 15.5. The van der Waals surface area contributed by atoms with E-state index in [9.17, 15) is 14.4 Å². The number of unbranched alkanes of at least 4 members (excludes halogenated alkanes) is 2. The molecule has 0 bridgehead atoms. The molecule has 1 aliphatic heterocycles. The van der Waals surface area contributed by atoms with Gasteiger partial charge in [-0.05, 0) is 30.5 Å². The number of nitrogens with one attached hydrogen (secondary N) is 2. The van der Waals surface area contributed by atoms with E-state index in [1.54, 1.807) is 34.6 Å². The van der Waals surface area contributed by atoms with Crippen molar-refractivity contribution in [3.63, 3.8) is 0 Å². The molecule has 146 valence electrons. The normalized spacial score (nSPS) is 16.2. The van der Waals surface area contributed by atoms with Gasteiger partial charge in [-0.25, -0.2) is 5.48 Å². The molecule has 0 spiro atoms. The number of amides is 3. The van der Waals surface area contributed by atoms with E-state index < -0.39 is 11.9 Å². The van der Waals surface area contributed by atoms with E-state index in [1.165, 1.54) is 0 Å². The largest absolute Gasteiger partial charge is 0.336 e. The van der Waals surface area contributed by atoms with E-state index >= 15 is 0 Å². The minimum atomic E-state index is -0.749. The third kappa shape index (κ3) is 4.37. The topological polar surface area (TPSA) is 98.7 Å². The molecule has 1 aliphatic rings. The first-order chi connectivity index (χ1) is 13.6. The van der Waals surface area contributed by atoms with Crippen molar-refractivity contribution in [1.82, 2.24) is 10.8 Å². The van der Waals surface area contributed by atoms with Gasteiger partial charge in [-0.15, -0.1) is 0 Å². The Labute approximate surface area is 163 Å². The number of fused-ring (bicyclic) bond motifs is 1. The van der Waals surface area contributed by atoms with Gasteiger partial charge < -0.3 is 10.2 Å². The molecular formula is C21H23N3O4. The van der Waals surface area contributed by atoms with Crippen molar-refractivity contribution in [1.29, 1.82) is 0 Å². The molecule has 0 aromatic heterocycles. The molecule has 1 heterocycles. The second-order valence-electron chi connectivity index (χ2n) is 6.67. The summed E-state index contributed by atoms with van der Waals surface area (Å²) in [5.41, 5.74) is 3.41. The first kappa shape index (κ1) is 19.6. The third-order valence-electron chi connectivity index (χ3n) is 4.77. The van der Waals surface area contributed by atoms with Gasteiger partial charge in [-0.1, -0.05) is 48.9 Å². The fourth-order valence-electron chi connectivity index (χ4n) is 3.34. The number of rotatable bonds is 7. The lowest BCUT2D eigenvalue weighted by Crippen LogP contribution is -2.40. The third-order valence-corrected chi connectivity index (χ3v) is 4.77. The van der Waals surface area contributed by atoms with E-state index in [2.05, 4.69) is 5.32 Å². The molecule has 3 N–H and O–H groups in total. The number of para-hydroxylation sites is 1. The van der Waals surface area contributed by atoms with Crippen LogP contribution < -0.4 is 15.7 Å². The van der Waals surface area contributed by atoms with Crippen molar-refractivity contribution in [2.75, 3.05) is 11.4 Å². The summed E-state index contributed by atoms with van der Waals surface area (Å²) in [7, 11) is 0. The van der Waals surface area contributed by atoms with Crippen molar-refractivity contribution in [2.45, 2.75) is 31.7 Å². The molecule has 0 aliphatic carbocycles. The van der Waals surface area contributed by atoms with Crippen LogP contribution in [0.15, 0.2) is 54.6 Å². The van der Waals surface area contributed by atoms with E-state index in [0.717, 1.165) is 12.0 Å². The van der Waals surface area contributed by atoms with Gasteiger partial charge in [-0.2, -0.15) is 0 Å². The van der Waals surface area contributed by atoms with Gasteiger partial charge in [0.15, 0.2) is 0 Å². The van der Waals surface area contributed by atoms with E-state index in [0.29, 0.717) is 30.6 Å². The molecule has 7 heteroatoms. The zero-order valence-electron chi connectivity index (χ0n) is 15.4. The van der Waals surface area contributed by atoms with Gasteiger partial charge in [0.1, 0.15) is 6.04 Å². The highest BCUT2D eigenvalue weighted by Gasteiger charge is 2.34. The molecular weight excluding hydrogens is 358 g/mol. The molecule has 2 aromatic rings. The van der Waals surface area contributed by atoms with Crippen LogP contribution in [-0.2, 0) is 9.59 Å². The predicted molar refractivity (Wildman–Crippen MR) is 104 cm³/mol. The van der Waals surface area contributed by atoms with Crippen LogP contribution in [0, 0.1) is 0 Å². The van der Waals surface area contributed by atoms with E-state index in [-0.39, 0.29) is 18.2 Å². The number of hydrogen-bond acceptors (Lipinski definition) is 4. The van der Waals surface area contributed by atoms with Crippen LogP contribution in [0.1, 0.15) is 47.6 Å². The number of anilines is 1. The number of carbonyl (C=O) groups excluding carboxylic acids is 3. The Morgan fingerprint density at radius 2 is 1.71 bits per heavy atom. The predicted octanol–water partition coefficient (Wildman–Crippen LogP) is 2.57. The Kier molecular flexibility index (Phi) is 6.39. The Hall–Kier alpha value is -3.19. The van der Waals surface area contributed by atoms with Crippen molar-refractivity contribution < 1.29 is 19.6 Å². The molecule has 7 nitrogen and oxygen atoms in total. The molecule has 2 aromatic carbocycles. The van der Waals surface area contributed by atoms with Crippen LogP contribution in [0.5, 0.6) is 0 Å². The van der Waals surface area contributed by atoms with E-state index in [4.69, 9.17) is 5.21 Å². The summed E-state index contributed by atoms with van der Waals surface area (Å²) in [6.07, 6.45) is 2.23. The van der Waals surface area contributed by atoms with Gasteiger partial charge >= 0.3 is 0 Å². The summed E-state index contributed by atoms with van der Waals surface area (Å²) in [5.74, 6) is -0.882. The maximum Gasteiger partial charge on any atom is 0.254 e. The number of carbonyl (C=O) groups is 3. The van der Waals surface area contributed by atoms with Crippen LogP contribution in [-0.4, -0.2) is 29.5 Å². The minimum Gasteiger partial charge on any atom is -0.336 e. The maximum atomic E-state index is 13.3. The molecule has 28 heavy (non-hydrogen) atoms. The SMILES string of the molecule is O=C(CCCCCN1C(=O)C(c2ccccc2)NC(=O)c2ccccc21)NO. The highest BCUT2D eigenvalue weighted by atomic mass is 16.5. The molecule has 3 rings (SSSR count). The van der Waals surface area contributed by atoms with Crippen LogP contribution >= 0.6 is 0 Å². The van der Waals surface area contributed by atoms with Gasteiger partial charge in [-0.3, -0.25) is 19.6 Å². The Morgan fingerprint density at radius 3 is 2.46 bits per heavy atom. The van der Waals surface area contributed by atoms with Crippen LogP contribution in [0.2, 0.25) is 0 Å². The van der Waals surface area contributed by atoms with Crippen molar-refractivity contribution in [3.8, 4) is 0 Å². The zero-order valence-corrected chi connectivity index (χ0v) is 15.4. The Bertz CT molecular complexity index is 854. The van der Waals surface area contributed by atoms with Crippen molar-refractivity contribution in [3.05, 3.63) is 65.7 Å². The van der Waals surface area contributed by atoms with Crippen molar-refractivity contribution >= 4 is 23.4 Å².